The van der Waals surface area contributed by atoms with Crippen molar-refractivity contribution in [2.75, 3.05) is 19.0 Å². The van der Waals surface area contributed by atoms with Crippen molar-refractivity contribution in [3.05, 3.63) is 48.2 Å². The molecule has 0 aliphatic heterocycles. The number of alkyl carbamates (subject to hydrolysis) is 1. The van der Waals surface area contributed by atoms with E-state index in [9.17, 15) is 9.59 Å². The minimum Gasteiger partial charge on any atom is -0.444 e. The van der Waals surface area contributed by atoms with Gasteiger partial charge in [-0.25, -0.2) is 9.59 Å². The van der Waals surface area contributed by atoms with Crippen molar-refractivity contribution < 1.29 is 19.1 Å². The number of ether oxygens (including phenoxy) is 2. The molecule has 0 saturated heterocycles. The van der Waals surface area contributed by atoms with Crippen LogP contribution in [0.1, 0.15) is 73.4 Å². The standard InChI is InChI=1S/C30H42N4O4/c1-11-19(2)25(32-27(35)37-29(3,4)5)21-14-12-20(13-15-21)22-16-17-24-23(26(22)33(9)10)18-31-34(24)28(36)38-30(6,7)8/h12-19,25H,11H2,1-10H3,(H,32,35). The molecule has 0 saturated carbocycles. The van der Waals surface area contributed by atoms with Gasteiger partial charge in [0.15, 0.2) is 0 Å². The van der Waals surface area contributed by atoms with Crippen molar-refractivity contribution in [1.29, 1.82) is 0 Å². The lowest BCUT2D eigenvalue weighted by Gasteiger charge is -2.27. The van der Waals surface area contributed by atoms with Crippen LogP contribution in [0, 0.1) is 5.92 Å². The first-order valence-corrected chi connectivity index (χ1v) is 13.1. The van der Waals surface area contributed by atoms with Crippen LogP contribution in [0.25, 0.3) is 22.0 Å². The van der Waals surface area contributed by atoms with Gasteiger partial charge in [-0.15, -0.1) is 0 Å². The van der Waals surface area contributed by atoms with Crippen LogP contribution in [-0.2, 0) is 9.47 Å². The zero-order valence-electron chi connectivity index (χ0n) is 24.4. The quantitative estimate of drug-likeness (QED) is 0.369. The summed E-state index contributed by atoms with van der Waals surface area (Å²) >= 11 is 0. The predicted molar refractivity (Wildman–Crippen MR) is 153 cm³/mol. The summed E-state index contributed by atoms with van der Waals surface area (Å²) in [6.07, 6.45) is 1.68. The first-order chi connectivity index (χ1) is 17.6. The molecule has 206 valence electrons. The van der Waals surface area contributed by atoms with Crippen LogP contribution >= 0.6 is 0 Å². The number of benzene rings is 2. The van der Waals surface area contributed by atoms with Crippen molar-refractivity contribution in [1.82, 2.24) is 15.1 Å². The van der Waals surface area contributed by atoms with E-state index in [2.05, 4.69) is 48.5 Å². The van der Waals surface area contributed by atoms with Gasteiger partial charge in [0.05, 0.1) is 23.4 Å². The number of hydrogen-bond acceptors (Lipinski definition) is 6. The molecule has 0 radical (unpaired) electrons. The third-order valence-electron chi connectivity index (χ3n) is 6.20. The Labute approximate surface area is 226 Å². The van der Waals surface area contributed by atoms with Gasteiger partial charge in [0, 0.05) is 25.0 Å². The number of amides is 1. The molecule has 2 atom stereocenters. The van der Waals surface area contributed by atoms with Crippen LogP contribution in [0.15, 0.2) is 42.6 Å². The van der Waals surface area contributed by atoms with E-state index in [1.54, 1.807) is 6.20 Å². The average molecular weight is 523 g/mol. The maximum atomic E-state index is 12.7. The van der Waals surface area contributed by atoms with Gasteiger partial charge in [-0.05, 0) is 64.7 Å². The van der Waals surface area contributed by atoms with E-state index in [0.29, 0.717) is 5.52 Å². The SMILES string of the molecule is CCC(C)C(NC(=O)OC(C)(C)C)c1ccc(-c2ccc3c(cnn3C(=O)OC(C)(C)C)c2N(C)C)cc1. The molecule has 0 bridgehead atoms. The summed E-state index contributed by atoms with van der Waals surface area (Å²) in [6.45, 7) is 15.3. The molecule has 1 heterocycles. The van der Waals surface area contributed by atoms with Crippen molar-refractivity contribution in [3.63, 3.8) is 0 Å². The van der Waals surface area contributed by atoms with Crippen molar-refractivity contribution in [2.24, 2.45) is 5.92 Å². The molecule has 0 aliphatic rings. The molecule has 8 nitrogen and oxygen atoms in total. The van der Waals surface area contributed by atoms with Crippen LogP contribution in [0.3, 0.4) is 0 Å². The number of hydrogen-bond donors (Lipinski definition) is 1. The number of rotatable bonds is 6. The summed E-state index contributed by atoms with van der Waals surface area (Å²) in [5.74, 6) is 0.223. The Kier molecular flexibility index (Phi) is 8.44. The Bertz CT molecular complexity index is 1280. The van der Waals surface area contributed by atoms with Crippen molar-refractivity contribution in [2.45, 2.75) is 79.1 Å². The molecule has 0 spiro atoms. The lowest BCUT2D eigenvalue weighted by Crippen LogP contribution is -2.37. The Hall–Kier alpha value is -3.55. The molecular formula is C30H42N4O4. The van der Waals surface area contributed by atoms with E-state index in [0.717, 1.165) is 34.2 Å². The van der Waals surface area contributed by atoms with Gasteiger partial charge in [0.2, 0.25) is 0 Å². The average Bonchev–Trinajstić information content (AvgIpc) is 3.23. The molecule has 2 unspecified atom stereocenters. The van der Waals surface area contributed by atoms with Gasteiger partial charge in [-0.1, -0.05) is 50.6 Å². The highest BCUT2D eigenvalue weighted by Gasteiger charge is 2.25. The van der Waals surface area contributed by atoms with Crippen molar-refractivity contribution >= 4 is 28.8 Å². The Balaban J connectivity index is 1.98. The fourth-order valence-electron chi connectivity index (χ4n) is 4.35. The summed E-state index contributed by atoms with van der Waals surface area (Å²) in [6, 6.07) is 12.0. The normalized spacial score (nSPS) is 13.6. The molecule has 1 N–H and O–H groups in total. The first-order valence-electron chi connectivity index (χ1n) is 13.1. The largest absolute Gasteiger partial charge is 0.444 e. The third kappa shape index (κ3) is 6.85. The highest BCUT2D eigenvalue weighted by atomic mass is 16.6. The second-order valence-electron chi connectivity index (χ2n) is 12.0. The molecule has 8 heteroatoms. The molecule has 38 heavy (non-hydrogen) atoms. The monoisotopic (exact) mass is 522 g/mol. The Morgan fingerprint density at radius 3 is 2.11 bits per heavy atom. The number of nitrogens with zero attached hydrogens (tertiary/aromatic N) is 3. The number of nitrogens with one attached hydrogen (secondary N) is 1. The highest BCUT2D eigenvalue weighted by Crippen LogP contribution is 2.37. The summed E-state index contributed by atoms with van der Waals surface area (Å²) < 4.78 is 12.3. The maximum Gasteiger partial charge on any atom is 0.435 e. The van der Waals surface area contributed by atoms with E-state index in [1.165, 1.54) is 4.68 Å². The number of fused-ring (bicyclic) bond motifs is 1. The van der Waals surface area contributed by atoms with Crippen LogP contribution in [0.2, 0.25) is 0 Å². The topological polar surface area (TPSA) is 85.7 Å². The second kappa shape index (κ2) is 11.1. The summed E-state index contributed by atoms with van der Waals surface area (Å²) in [5.41, 5.74) is 3.50. The lowest BCUT2D eigenvalue weighted by molar-refractivity contribution is 0.0483. The van der Waals surface area contributed by atoms with Gasteiger partial charge in [0.1, 0.15) is 11.2 Å². The fourth-order valence-corrected chi connectivity index (χ4v) is 4.35. The molecule has 1 aromatic heterocycles. The maximum absolute atomic E-state index is 12.7. The summed E-state index contributed by atoms with van der Waals surface area (Å²) in [4.78, 5) is 27.3. The number of aromatic nitrogens is 2. The van der Waals surface area contributed by atoms with E-state index >= 15 is 0 Å². The van der Waals surface area contributed by atoms with Gasteiger partial charge < -0.3 is 19.7 Å². The molecule has 0 aliphatic carbocycles. The van der Waals surface area contributed by atoms with Crippen LogP contribution in [0.5, 0.6) is 0 Å². The second-order valence-corrected chi connectivity index (χ2v) is 12.0. The van der Waals surface area contributed by atoms with Crippen LogP contribution < -0.4 is 10.2 Å². The lowest BCUT2D eigenvalue weighted by atomic mass is 9.91. The van der Waals surface area contributed by atoms with Crippen LogP contribution in [-0.4, -0.2) is 47.3 Å². The fraction of sp³-hybridized carbons (Fsp3) is 0.500. The van der Waals surface area contributed by atoms with Crippen LogP contribution in [0.4, 0.5) is 15.3 Å². The Morgan fingerprint density at radius 2 is 1.58 bits per heavy atom. The molecule has 2 aromatic carbocycles. The van der Waals surface area contributed by atoms with E-state index in [4.69, 9.17) is 9.47 Å². The molecule has 0 fully saturated rings. The van der Waals surface area contributed by atoms with Gasteiger partial charge in [-0.2, -0.15) is 9.78 Å². The van der Waals surface area contributed by atoms with Gasteiger partial charge in [-0.3, -0.25) is 0 Å². The predicted octanol–water partition coefficient (Wildman–Crippen LogP) is 7.16. The molecule has 3 aromatic rings. The number of carbonyl (C=O) groups is 2. The Morgan fingerprint density at radius 1 is 0.974 bits per heavy atom. The zero-order chi connectivity index (χ0) is 28.4. The minimum atomic E-state index is -0.618. The minimum absolute atomic E-state index is 0.174. The van der Waals surface area contributed by atoms with E-state index in [-0.39, 0.29) is 12.0 Å². The number of anilines is 1. The third-order valence-corrected chi connectivity index (χ3v) is 6.20. The summed E-state index contributed by atoms with van der Waals surface area (Å²) in [5, 5.41) is 8.25. The first kappa shape index (κ1) is 29.0. The highest BCUT2D eigenvalue weighted by molar-refractivity contribution is 6.02. The molecule has 3 rings (SSSR count). The van der Waals surface area contributed by atoms with E-state index < -0.39 is 23.4 Å². The van der Waals surface area contributed by atoms with Gasteiger partial charge in [0.25, 0.3) is 0 Å². The zero-order valence-corrected chi connectivity index (χ0v) is 24.4. The smallest absolute Gasteiger partial charge is 0.435 e. The number of carbonyl (C=O) groups excluding carboxylic acids is 2. The van der Waals surface area contributed by atoms with E-state index in [1.807, 2.05) is 72.7 Å². The summed E-state index contributed by atoms with van der Waals surface area (Å²) in [7, 11) is 3.95. The molecule has 1 amide bonds. The molecular weight excluding hydrogens is 480 g/mol. The van der Waals surface area contributed by atoms with Crippen molar-refractivity contribution in [3.8, 4) is 11.1 Å². The van der Waals surface area contributed by atoms with Gasteiger partial charge >= 0.3 is 12.2 Å².